The number of primary amides is 1. The van der Waals surface area contributed by atoms with Crippen LogP contribution in [-0.4, -0.2) is 18.1 Å². The molecule has 0 aromatic carbocycles. The van der Waals surface area contributed by atoms with Crippen molar-refractivity contribution in [2.75, 3.05) is 6.61 Å². The monoisotopic (exact) mass is 171 g/mol. The molecule has 1 rings (SSSR count). The molecule has 12 heavy (non-hydrogen) atoms. The average Bonchev–Trinajstić information content (AvgIpc) is 2.06. The van der Waals surface area contributed by atoms with Gasteiger partial charge in [0, 0.05) is 6.61 Å². The Hall–Kier alpha value is -0.570. The molecule has 1 aliphatic rings. The summed E-state index contributed by atoms with van der Waals surface area (Å²) in [7, 11) is 0. The van der Waals surface area contributed by atoms with E-state index in [-0.39, 0.29) is 5.91 Å². The van der Waals surface area contributed by atoms with Crippen molar-refractivity contribution in [2.24, 2.45) is 5.73 Å². The van der Waals surface area contributed by atoms with E-state index < -0.39 is 5.60 Å². The summed E-state index contributed by atoms with van der Waals surface area (Å²) in [6.07, 6.45) is 4.63. The number of ether oxygens (including phenoxy) is 1. The maximum atomic E-state index is 11.2. The lowest BCUT2D eigenvalue weighted by Crippen LogP contribution is -2.48. The second kappa shape index (κ2) is 3.90. The lowest BCUT2D eigenvalue weighted by molar-refractivity contribution is -0.151. The smallest absolute Gasteiger partial charge is 0.249 e. The van der Waals surface area contributed by atoms with Crippen molar-refractivity contribution < 1.29 is 9.53 Å². The van der Waals surface area contributed by atoms with E-state index in [2.05, 4.69) is 0 Å². The number of carbonyl (C=O) groups excluding carboxylic acids is 1. The van der Waals surface area contributed by atoms with Crippen LogP contribution in [0.1, 0.15) is 39.0 Å². The van der Waals surface area contributed by atoms with Gasteiger partial charge >= 0.3 is 0 Å². The first kappa shape index (κ1) is 9.52. The number of nitrogens with two attached hydrogens (primary N) is 1. The molecule has 0 spiro atoms. The Labute approximate surface area is 73.3 Å². The summed E-state index contributed by atoms with van der Waals surface area (Å²) in [6.45, 7) is 2.73. The van der Waals surface area contributed by atoms with Crippen molar-refractivity contribution in [3.05, 3.63) is 0 Å². The molecule has 1 aliphatic heterocycles. The molecule has 0 bridgehead atoms. The summed E-state index contributed by atoms with van der Waals surface area (Å²) in [4.78, 5) is 11.2. The molecule has 1 saturated heterocycles. The van der Waals surface area contributed by atoms with Gasteiger partial charge in [-0.25, -0.2) is 0 Å². The van der Waals surface area contributed by atoms with Crippen LogP contribution in [0.4, 0.5) is 0 Å². The highest BCUT2D eigenvalue weighted by Gasteiger charge is 2.38. The molecule has 3 nitrogen and oxygen atoms in total. The molecule has 2 N–H and O–H groups in total. The molecular formula is C9H17NO2. The van der Waals surface area contributed by atoms with Gasteiger partial charge in [-0.05, 0) is 25.7 Å². The van der Waals surface area contributed by atoms with E-state index in [1.54, 1.807) is 0 Å². The van der Waals surface area contributed by atoms with E-state index in [1.165, 1.54) is 0 Å². The number of carbonyl (C=O) groups is 1. The zero-order valence-corrected chi connectivity index (χ0v) is 7.64. The summed E-state index contributed by atoms with van der Waals surface area (Å²) in [6, 6.07) is 0. The highest BCUT2D eigenvalue weighted by atomic mass is 16.5. The standard InChI is InChI=1S/C9H17NO2/c1-2-5-9(8(10)11)6-3-4-7-12-9/h2-7H2,1H3,(H2,10,11). The zero-order valence-electron chi connectivity index (χ0n) is 7.64. The lowest BCUT2D eigenvalue weighted by Gasteiger charge is -2.34. The Balaban J connectivity index is 2.63. The average molecular weight is 171 g/mol. The molecule has 1 fully saturated rings. The van der Waals surface area contributed by atoms with Crippen LogP contribution in [0.25, 0.3) is 0 Å². The van der Waals surface area contributed by atoms with Crippen molar-refractivity contribution in [1.29, 1.82) is 0 Å². The molecule has 0 aromatic heterocycles. The van der Waals surface area contributed by atoms with Crippen LogP contribution in [0.15, 0.2) is 0 Å². The molecule has 1 unspecified atom stereocenters. The Morgan fingerprint density at radius 1 is 1.58 bits per heavy atom. The van der Waals surface area contributed by atoms with Gasteiger partial charge in [-0.3, -0.25) is 4.79 Å². The molecule has 70 valence electrons. The summed E-state index contributed by atoms with van der Waals surface area (Å²) >= 11 is 0. The van der Waals surface area contributed by atoms with Gasteiger partial charge in [-0.15, -0.1) is 0 Å². The molecule has 0 radical (unpaired) electrons. The van der Waals surface area contributed by atoms with Crippen molar-refractivity contribution in [2.45, 2.75) is 44.6 Å². The number of amides is 1. The first-order valence-corrected chi connectivity index (χ1v) is 4.65. The Morgan fingerprint density at radius 3 is 2.75 bits per heavy atom. The van der Waals surface area contributed by atoms with Gasteiger partial charge in [-0.2, -0.15) is 0 Å². The molecule has 0 aliphatic carbocycles. The first-order valence-electron chi connectivity index (χ1n) is 4.65. The van der Waals surface area contributed by atoms with Crippen molar-refractivity contribution in [1.82, 2.24) is 0 Å². The second-order valence-corrected chi connectivity index (χ2v) is 3.41. The minimum Gasteiger partial charge on any atom is -0.367 e. The fourth-order valence-corrected chi connectivity index (χ4v) is 1.77. The van der Waals surface area contributed by atoms with E-state index >= 15 is 0 Å². The summed E-state index contributed by atoms with van der Waals surface area (Å²) in [5.74, 6) is -0.288. The number of rotatable bonds is 3. The maximum absolute atomic E-state index is 11.2. The maximum Gasteiger partial charge on any atom is 0.249 e. The van der Waals surface area contributed by atoms with Crippen LogP contribution >= 0.6 is 0 Å². The van der Waals surface area contributed by atoms with Gasteiger partial charge in [0.25, 0.3) is 0 Å². The number of hydrogen-bond donors (Lipinski definition) is 1. The van der Waals surface area contributed by atoms with Gasteiger partial charge in [-0.1, -0.05) is 13.3 Å². The molecule has 1 atom stereocenters. The highest BCUT2D eigenvalue weighted by molar-refractivity contribution is 5.83. The van der Waals surface area contributed by atoms with Crippen molar-refractivity contribution in [3.8, 4) is 0 Å². The predicted octanol–water partition coefficient (Wildman–Crippen LogP) is 1.21. The summed E-state index contributed by atoms with van der Waals surface area (Å²) < 4.78 is 5.49. The largest absolute Gasteiger partial charge is 0.367 e. The minimum absolute atomic E-state index is 0.288. The van der Waals surface area contributed by atoms with Gasteiger partial charge in [0.05, 0.1) is 0 Å². The van der Waals surface area contributed by atoms with Gasteiger partial charge in [0.1, 0.15) is 5.60 Å². The van der Waals surface area contributed by atoms with Crippen LogP contribution in [0.2, 0.25) is 0 Å². The van der Waals surface area contributed by atoms with Gasteiger partial charge in [0.2, 0.25) is 5.91 Å². The van der Waals surface area contributed by atoms with E-state index in [1.807, 2.05) is 6.92 Å². The summed E-state index contributed by atoms with van der Waals surface area (Å²) in [5.41, 5.74) is 4.69. The fraction of sp³-hybridized carbons (Fsp3) is 0.889. The topological polar surface area (TPSA) is 52.3 Å². The zero-order chi connectivity index (χ0) is 9.03. The third kappa shape index (κ3) is 1.78. The molecule has 3 heteroatoms. The lowest BCUT2D eigenvalue weighted by atomic mass is 9.89. The van der Waals surface area contributed by atoms with Crippen LogP contribution in [0.3, 0.4) is 0 Å². The third-order valence-electron chi connectivity index (χ3n) is 2.46. The Kier molecular flexibility index (Phi) is 3.09. The normalized spacial score (nSPS) is 30.1. The first-order chi connectivity index (χ1) is 5.71. The fourth-order valence-electron chi connectivity index (χ4n) is 1.77. The van der Waals surface area contributed by atoms with Crippen LogP contribution in [0.5, 0.6) is 0 Å². The molecule has 1 heterocycles. The third-order valence-corrected chi connectivity index (χ3v) is 2.46. The molecular weight excluding hydrogens is 154 g/mol. The summed E-state index contributed by atoms with van der Waals surface area (Å²) in [5, 5.41) is 0. The van der Waals surface area contributed by atoms with Crippen LogP contribution in [0, 0.1) is 0 Å². The van der Waals surface area contributed by atoms with E-state index in [9.17, 15) is 4.79 Å². The predicted molar refractivity (Wildman–Crippen MR) is 46.6 cm³/mol. The van der Waals surface area contributed by atoms with Gasteiger partial charge in [0.15, 0.2) is 0 Å². The molecule has 0 aromatic rings. The second-order valence-electron chi connectivity index (χ2n) is 3.41. The SMILES string of the molecule is CCCC1(C(N)=O)CCCCO1. The van der Waals surface area contributed by atoms with E-state index in [0.717, 1.165) is 32.1 Å². The van der Waals surface area contributed by atoms with Crippen molar-refractivity contribution in [3.63, 3.8) is 0 Å². The van der Waals surface area contributed by atoms with Crippen LogP contribution < -0.4 is 5.73 Å². The van der Waals surface area contributed by atoms with E-state index in [4.69, 9.17) is 10.5 Å². The molecule has 0 saturated carbocycles. The van der Waals surface area contributed by atoms with Crippen molar-refractivity contribution >= 4 is 5.91 Å². The minimum atomic E-state index is -0.632. The number of hydrogen-bond acceptors (Lipinski definition) is 2. The molecule has 1 amide bonds. The Bertz CT molecular complexity index is 156. The van der Waals surface area contributed by atoms with E-state index in [0.29, 0.717) is 6.61 Å². The van der Waals surface area contributed by atoms with Gasteiger partial charge < -0.3 is 10.5 Å². The Morgan fingerprint density at radius 2 is 2.33 bits per heavy atom. The quantitative estimate of drug-likeness (QED) is 0.694. The highest BCUT2D eigenvalue weighted by Crippen LogP contribution is 2.28. The van der Waals surface area contributed by atoms with Crippen LogP contribution in [-0.2, 0) is 9.53 Å².